The Morgan fingerprint density at radius 1 is 1.08 bits per heavy atom. The molecule has 0 atom stereocenters. The van der Waals surface area contributed by atoms with Crippen molar-refractivity contribution in [2.24, 2.45) is 0 Å². The molecule has 25 heavy (non-hydrogen) atoms. The van der Waals surface area contributed by atoms with Crippen LogP contribution in [0.1, 0.15) is 29.8 Å². The summed E-state index contributed by atoms with van der Waals surface area (Å²) < 4.78 is 5.62. The molecule has 0 fully saturated rings. The summed E-state index contributed by atoms with van der Waals surface area (Å²) in [6.45, 7) is 6.00. The monoisotopic (exact) mass is 352 g/mol. The molecule has 3 aromatic rings. The first-order chi connectivity index (χ1) is 12.0. The van der Waals surface area contributed by atoms with Gasteiger partial charge in [-0.1, -0.05) is 35.0 Å². The Hall–Kier alpha value is -2.59. The van der Waals surface area contributed by atoms with E-state index in [4.69, 9.17) is 16.1 Å². The normalized spacial score (nSPS) is 13.2. The fourth-order valence-corrected chi connectivity index (χ4v) is 3.36. The molecule has 0 unspecified atom stereocenters. The van der Waals surface area contributed by atoms with Crippen LogP contribution in [-0.4, -0.2) is 17.1 Å². The number of fused-ring (bicyclic) bond motifs is 1. The van der Waals surface area contributed by atoms with E-state index in [1.165, 1.54) is 0 Å². The van der Waals surface area contributed by atoms with Crippen molar-refractivity contribution < 1.29 is 9.32 Å². The third-order valence-corrected chi connectivity index (χ3v) is 4.78. The third kappa shape index (κ3) is 2.45. The van der Waals surface area contributed by atoms with E-state index in [9.17, 15) is 4.79 Å². The van der Waals surface area contributed by atoms with Crippen molar-refractivity contribution in [2.75, 3.05) is 4.90 Å². The molecule has 1 aliphatic rings. The second kappa shape index (κ2) is 5.74. The highest BCUT2D eigenvalue weighted by Crippen LogP contribution is 2.39. The van der Waals surface area contributed by atoms with Gasteiger partial charge >= 0.3 is 0 Å². The van der Waals surface area contributed by atoms with Crippen LogP contribution in [0.4, 0.5) is 5.69 Å². The Balaban J connectivity index is 1.75. The lowest BCUT2D eigenvalue weighted by atomic mass is 9.95. The van der Waals surface area contributed by atoms with E-state index in [2.05, 4.69) is 5.16 Å². The lowest BCUT2D eigenvalue weighted by Gasteiger charge is -2.37. The fraction of sp³-hybridized carbons (Fsp3) is 0.200. The van der Waals surface area contributed by atoms with Crippen LogP contribution in [0.15, 0.2) is 47.0 Å². The maximum Gasteiger partial charge on any atom is 0.260 e. The zero-order valence-corrected chi connectivity index (χ0v) is 15.0. The Labute approximate surface area is 151 Å². The molecule has 2 heterocycles. The number of carbonyl (C=O) groups is 1. The number of halogens is 1. The minimum Gasteiger partial charge on any atom is -0.355 e. The second-order valence-electron chi connectivity index (χ2n) is 6.49. The van der Waals surface area contributed by atoms with Gasteiger partial charge in [-0.15, -0.1) is 0 Å². The molecule has 1 aliphatic heterocycles. The van der Waals surface area contributed by atoms with Gasteiger partial charge in [-0.25, -0.2) is 0 Å². The number of hydrogen-bond donors (Lipinski definition) is 0. The molecule has 0 saturated heterocycles. The average Bonchev–Trinajstić information content (AvgIpc) is 2.96. The van der Waals surface area contributed by atoms with E-state index in [1.807, 2.05) is 63.2 Å². The SMILES string of the molecule is Cc1c(-c2ccc(Cl)cc2)noc1-c1ccc2c(c1)N(C(C)C)C2=O. The largest absolute Gasteiger partial charge is 0.355 e. The third-order valence-electron chi connectivity index (χ3n) is 4.53. The number of nitrogens with zero attached hydrogens (tertiary/aromatic N) is 2. The van der Waals surface area contributed by atoms with Gasteiger partial charge in [0.25, 0.3) is 5.91 Å². The van der Waals surface area contributed by atoms with Crippen LogP contribution in [0.25, 0.3) is 22.6 Å². The van der Waals surface area contributed by atoms with Crippen LogP contribution >= 0.6 is 11.6 Å². The van der Waals surface area contributed by atoms with Gasteiger partial charge in [-0.2, -0.15) is 0 Å². The van der Waals surface area contributed by atoms with Crippen molar-refractivity contribution >= 4 is 23.2 Å². The van der Waals surface area contributed by atoms with Crippen molar-refractivity contribution in [2.45, 2.75) is 26.8 Å². The van der Waals surface area contributed by atoms with Gasteiger partial charge in [0.2, 0.25) is 0 Å². The maximum absolute atomic E-state index is 12.1. The number of aromatic nitrogens is 1. The molecule has 2 aromatic carbocycles. The number of benzene rings is 2. The van der Waals surface area contributed by atoms with Gasteiger partial charge < -0.3 is 9.42 Å². The number of amides is 1. The van der Waals surface area contributed by atoms with E-state index in [1.54, 1.807) is 4.90 Å². The van der Waals surface area contributed by atoms with Gasteiger partial charge in [-0.05, 0) is 45.0 Å². The van der Waals surface area contributed by atoms with Crippen LogP contribution in [-0.2, 0) is 0 Å². The minimum atomic E-state index is 0.0766. The molecule has 0 saturated carbocycles. The van der Waals surface area contributed by atoms with Gasteiger partial charge in [0.15, 0.2) is 5.76 Å². The van der Waals surface area contributed by atoms with E-state index >= 15 is 0 Å². The van der Waals surface area contributed by atoms with Gasteiger partial charge in [0.05, 0.1) is 11.3 Å². The molecule has 4 nitrogen and oxygen atoms in total. The molecule has 1 amide bonds. The summed E-state index contributed by atoms with van der Waals surface area (Å²) >= 11 is 5.95. The Morgan fingerprint density at radius 2 is 1.76 bits per heavy atom. The molecule has 4 rings (SSSR count). The van der Waals surface area contributed by atoms with Crippen molar-refractivity contribution in [1.29, 1.82) is 0 Å². The lowest BCUT2D eigenvalue weighted by molar-refractivity contribution is 0.0958. The van der Waals surface area contributed by atoms with Crippen molar-refractivity contribution in [3.63, 3.8) is 0 Å². The first kappa shape index (κ1) is 15.9. The summed E-state index contributed by atoms with van der Waals surface area (Å²) in [5, 5.41) is 4.92. The first-order valence-electron chi connectivity index (χ1n) is 8.17. The zero-order valence-electron chi connectivity index (χ0n) is 14.2. The van der Waals surface area contributed by atoms with Crippen molar-refractivity contribution in [3.05, 3.63) is 58.6 Å². The molecule has 0 bridgehead atoms. The smallest absolute Gasteiger partial charge is 0.260 e. The van der Waals surface area contributed by atoms with E-state index in [-0.39, 0.29) is 11.9 Å². The predicted molar refractivity (Wildman–Crippen MR) is 99.1 cm³/mol. The quantitative estimate of drug-likeness (QED) is 0.639. The van der Waals surface area contributed by atoms with Crippen LogP contribution < -0.4 is 4.90 Å². The van der Waals surface area contributed by atoms with Gasteiger partial charge in [0.1, 0.15) is 5.69 Å². The Bertz CT molecular complexity index is 974. The Kier molecular flexibility index (Phi) is 3.65. The van der Waals surface area contributed by atoms with Crippen LogP contribution in [0.5, 0.6) is 0 Å². The zero-order chi connectivity index (χ0) is 17.7. The number of rotatable bonds is 3. The summed E-state index contributed by atoms with van der Waals surface area (Å²) in [5.41, 5.74) is 5.34. The summed E-state index contributed by atoms with van der Waals surface area (Å²) in [4.78, 5) is 13.9. The standard InChI is InChI=1S/C20H17ClN2O2/c1-11(2)23-17-10-14(6-9-16(17)20(23)24)19-12(3)18(22-25-19)13-4-7-15(21)8-5-13/h4-11H,1-3H3. The number of carbonyl (C=O) groups excluding carboxylic acids is 1. The van der Waals surface area contributed by atoms with Gasteiger partial charge in [0, 0.05) is 27.8 Å². The van der Waals surface area contributed by atoms with E-state index in [0.29, 0.717) is 5.02 Å². The molecule has 5 heteroatoms. The number of hydrogen-bond acceptors (Lipinski definition) is 3. The second-order valence-corrected chi connectivity index (χ2v) is 6.93. The highest BCUT2D eigenvalue weighted by Gasteiger charge is 2.35. The predicted octanol–water partition coefficient (Wildman–Crippen LogP) is 5.34. The van der Waals surface area contributed by atoms with Crippen molar-refractivity contribution in [1.82, 2.24) is 5.16 Å². The fourth-order valence-electron chi connectivity index (χ4n) is 3.23. The minimum absolute atomic E-state index is 0.0766. The topological polar surface area (TPSA) is 46.3 Å². The molecule has 1 aromatic heterocycles. The highest BCUT2D eigenvalue weighted by molar-refractivity contribution is 6.30. The molecule has 126 valence electrons. The molecule has 0 spiro atoms. The summed E-state index contributed by atoms with van der Waals surface area (Å²) in [6, 6.07) is 13.4. The number of anilines is 1. The van der Waals surface area contributed by atoms with Crippen LogP contribution in [0.2, 0.25) is 5.02 Å². The maximum atomic E-state index is 12.1. The van der Waals surface area contributed by atoms with E-state index < -0.39 is 0 Å². The first-order valence-corrected chi connectivity index (χ1v) is 8.55. The summed E-state index contributed by atoms with van der Waals surface area (Å²) in [6.07, 6.45) is 0. The molecular formula is C20H17ClN2O2. The van der Waals surface area contributed by atoms with Crippen molar-refractivity contribution in [3.8, 4) is 22.6 Å². The summed E-state index contributed by atoms with van der Waals surface area (Å²) in [5.74, 6) is 0.795. The lowest BCUT2D eigenvalue weighted by Crippen LogP contribution is -2.45. The van der Waals surface area contributed by atoms with E-state index in [0.717, 1.165) is 39.4 Å². The molecule has 0 radical (unpaired) electrons. The Morgan fingerprint density at radius 3 is 2.44 bits per heavy atom. The average molecular weight is 353 g/mol. The summed E-state index contributed by atoms with van der Waals surface area (Å²) in [7, 11) is 0. The molecule has 0 N–H and O–H groups in total. The van der Waals surface area contributed by atoms with Crippen LogP contribution in [0.3, 0.4) is 0 Å². The van der Waals surface area contributed by atoms with Crippen LogP contribution in [0, 0.1) is 6.92 Å². The molecule has 0 aliphatic carbocycles. The highest BCUT2D eigenvalue weighted by atomic mass is 35.5. The van der Waals surface area contributed by atoms with Gasteiger partial charge in [-0.3, -0.25) is 4.79 Å². The molecular weight excluding hydrogens is 336 g/mol.